The summed E-state index contributed by atoms with van der Waals surface area (Å²) >= 11 is 0. The zero-order valence-electron chi connectivity index (χ0n) is 14.4. The molecule has 124 valence electrons. The number of terminal acetylenes is 1. The van der Waals surface area contributed by atoms with Gasteiger partial charge in [-0.2, -0.15) is 0 Å². The van der Waals surface area contributed by atoms with Crippen LogP contribution in [-0.4, -0.2) is 27.3 Å². The molecule has 1 aromatic carbocycles. The van der Waals surface area contributed by atoms with Crippen molar-refractivity contribution >= 4 is 18.1 Å². The molecule has 0 amide bonds. The molecular formula is C18H25NO2SSi. The first-order valence-electron chi connectivity index (χ1n) is 7.72. The molecule has 23 heavy (non-hydrogen) atoms. The van der Waals surface area contributed by atoms with E-state index in [0.717, 1.165) is 12.0 Å². The minimum Gasteiger partial charge on any atom is -0.225 e. The van der Waals surface area contributed by atoms with Crippen LogP contribution in [0.4, 0.5) is 0 Å². The predicted octanol–water partition coefficient (Wildman–Crippen LogP) is 3.63. The summed E-state index contributed by atoms with van der Waals surface area (Å²) in [5.41, 5.74) is 4.17. The first kappa shape index (κ1) is 19.4. The van der Waals surface area contributed by atoms with E-state index in [9.17, 15) is 8.42 Å². The Bertz CT molecular complexity index is 714. The molecule has 0 aliphatic heterocycles. The van der Waals surface area contributed by atoms with Crippen LogP contribution in [0.3, 0.4) is 0 Å². The summed E-state index contributed by atoms with van der Waals surface area (Å²) in [7, 11) is -5.26. The third-order valence-corrected chi connectivity index (χ3v) is 5.68. The summed E-state index contributed by atoms with van der Waals surface area (Å²) < 4.78 is 26.9. The Morgan fingerprint density at radius 1 is 1.13 bits per heavy atom. The quantitative estimate of drug-likeness (QED) is 0.341. The van der Waals surface area contributed by atoms with Gasteiger partial charge in [0, 0.05) is 19.0 Å². The van der Waals surface area contributed by atoms with E-state index in [0.29, 0.717) is 19.4 Å². The van der Waals surface area contributed by atoms with Crippen LogP contribution in [0.1, 0.15) is 24.8 Å². The Labute approximate surface area is 142 Å². The van der Waals surface area contributed by atoms with Crippen LogP contribution in [-0.2, 0) is 10.0 Å². The largest absolute Gasteiger partial charge is 0.270 e. The maximum absolute atomic E-state index is 12.8. The van der Waals surface area contributed by atoms with Gasteiger partial charge < -0.3 is 0 Å². The third-order valence-electron chi connectivity index (χ3n) is 3.10. The molecule has 0 spiro atoms. The highest BCUT2D eigenvalue weighted by Gasteiger charge is 2.22. The summed E-state index contributed by atoms with van der Waals surface area (Å²) in [6.07, 6.45) is 7.40. The highest BCUT2D eigenvalue weighted by molar-refractivity contribution is 7.89. The van der Waals surface area contributed by atoms with Crippen molar-refractivity contribution < 1.29 is 8.42 Å². The molecule has 3 nitrogen and oxygen atoms in total. The van der Waals surface area contributed by atoms with Gasteiger partial charge in [-0.05, 0) is 31.9 Å². The summed E-state index contributed by atoms with van der Waals surface area (Å²) in [5, 5.41) is 0. The topological polar surface area (TPSA) is 37.4 Å². The van der Waals surface area contributed by atoms with E-state index in [1.807, 2.05) is 6.92 Å². The Kier molecular flexibility index (Phi) is 6.93. The minimum absolute atomic E-state index is 0.282. The van der Waals surface area contributed by atoms with Crippen LogP contribution in [0.15, 0.2) is 29.2 Å². The van der Waals surface area contributed by atoms with Gasteiger partial charge in [0.05, 0.1) is 4.90 Å². The number of aryl methyl sites for hydroxylation is 1. The van der Waals surface area contributed by atoms with E-state index < -0.39 is 18.1 Å². The average molecular weight is 348 g/mol. The van der Waals surface area contributed by atoms with Crippen molar-refractivity contribution in [2.45, 2.75) is 50.7 Å². The molecule has 0 bridgehead atoms. The van der Waals surface area contributed by atoms with Crippen LogP contribution >= 0.6 is 0 Å². The molecule has 0 radical (unpaired) electrons. The fourth-order valence-electron chi connectivity index (χ4n) is 1.79. The summed E-state index contributed by atoms with van der Waals surface area (Å²) in [6, 6.07) is 9.77. The van der Waals surface area contributed by atoms with Gasteiger partial charge in [0.25, 0.3) is 10.0 Å². The van der Waals surface area contributed by atoms with E-state index in [1.54, 1.807) is 24.3 Å². The van der Waals surface area contributed by atoms with Gasteiger partial charge in [-0.3, -0.25) is 0 Å². The number of sulfonamides is 1. The Balaban J connectivity index is 3.07. The fraction of sp³-hybridized carbons (Fsp3) is 0.444. The van der Waals surface area contributed by atoms with Crippen molar-refractivity contribution in [3.63, 3.8) is 0 Å². The lowest BCUT2D eigenvalue weighted by molar-refractivity contribution is 0.497. The lowest BCUT2D eigenvalue weighted by Crippen LogP contribution is -2.29. The second-order valence-corrected chi connectivity index (χ2v) is 13.2. The molecule has 0 atom stereocenters. The summed E-state index contributed by atoms with van der Waals surface area (Å²) in [4.78, 5) is 0.282. The normalized spacial score (nSPS) is 11.3. The summed E-state index contributed by atoms with van der Waals surface area (Å²) in [5.74, 6) is 2.58. The van der Waals surface area contributed by atoms with Crippen molar-refractivity contribution in [3.05, 3.63) is 29.8 Å². The molecule has 0 fully saturated rings. The second-order valence-electron chi connectivity index (χ2n) is 6.54. The number of unbranched alkanes of at least 4 members (excludes halogenated alkanes) is 2. The van der Waals surface area contributed by atoms with E-state index in [2.05, 4.69) is 37.1 Å². The van der Waals surface area contributed by atoms with E-state index in [1.165, 1.54) is 4.31 Å². The molecular weight excluding hydrogens is 322 g/mol. The highest BCUT2D eigenvalue weighted by Crippen LogP contribution is 2.17. The van der Waals surface area contributed by atoms with Gasteiger partial charge in [-0.15, -0.1) is 17.9 Å². The van der Waals surface area contributed by atoms with Gasteiger partial charge in [-0.1, -0.05) is 37.3 Å². The molecule has 0 heterocycles. The molecule has 0 saturated carbocycles. The molecule has 1 aromatic rings. The van der Waals surface area contributed by atoms with Crippen LogP contribution in [0.2, 0.25) is 19.6 Å². The fourth-order valence-corrected chi connectivity index (χ4v) is 3.61. The lowest BCUT2D eigenvalue weighted by Gasteiger charge is -2.19. The van der Waals surface area contributed by atoms with E-state index >= 15 is 0 Å². The number of benzene rings is 1. The SMILES string of the molecule is C#CCCCCN(C#C[Si](C)(C)C)S(=O)(=O)c1ccc(C)cc1. The average Bonchev–Trinajstić information content (AvgIpc) is 2.45. The molecule has 0 aliphatic rings. The smallest absolute Gasteiger partial charge is 0.225 e. The number of hydrogen-bond acceptors (Lipinski definition) is 2. The van der Waals surface area contributed by atoms with Crippen molar-refractivity contribution in [3.8, 4) is 23.9 Å². The van der Waals surface area contributed by atoms with Gasteiger partial charge in [0.1, 0.15) is 8.07 Å². The lowest BCUT2D eigenvalue weighted by atomic mass is 10.2. The van der Waals surface area contributed by atoms with Gasteiger partial charge in [0.15, 0.2) is 0 Å². The number of hydrogen-bond donors (Lipinski definition) is 0. The number of nitrogens with zero attached hydrogens (tertiary/aromatic N) is 1. The Morgan fingerprint density at radius 3 is 2.26 bits per heavy atom. The monoisotopic (exact) mass is 347 g/mol. The highest BCUT2D eigenvalue weighted by atomic mass is 32.2. The molecule has 0 saturated heterocycles. The Morgan fingerprint density at radius 2 is 1.74 bits per heavy atom. The number of rotatable bonds is 6. The molecule has 1 rings (SSSR count). The van der Waals surface area contributed by atoms with Crippen LogP contribution in [0, 0.1) is 30.9 Å². The van der Waals surface area contributed by atoms with Gasteiger partial charge in [-0.25, -0.2) is 12.7 Å². The predicted molar refractivity (Wildman–Crippen MR) is 98.9 cm³/mol. The first-order chi connectivity index (χ1) is 10.7. The summed E-state index contributed by atoms with van der Waals surface area (Å²) in [6.45, 7) is 8.58. The zero-order valence-corrected chi connectivity index (χ0v) is 16.2. The van der Waals surface area contributed by atoms with Gasteiger partial charge in [0.2, 0.25) is 0 Å². The zero-order chi connectivity index (χ0) is 17.5. The van der Waals surface area contributed by atoms with E-state index in [-0.39, 0.29) is 4.90 Å². The molecule has 0 aromatic heterocycles. The maximum atomic E-state index is 12.8. The van der Waals surface area contributed by atoms with Crippen molar-refractivity contribution in [2.24, 2.45) is 0 Å². The molecule has 0 aliphatic carbocycles. The second kappa shape index (κ2) is 8.24. The van der Waals surface area contributed by atoms with Crippen molar-refractivity contribution in [1.29, 1.82) is 0 Å². The van der Waals surface area contributed by atoms with E-state index in [4.69, 9.17) is 6.42 Å². The van der Waals surface area contributed by atoms with Crippen LogP contribution < -0.4 is 0 Å². The third kappa shape index (κ3) is 6.52. The maximum Gasteiger partial charge on any atom is 0.270 e. The molecule has 0 N–H and O–H groups in total. The molecule has 5 heteroatoms. The van der Waals surface area contributed by atoms with Gasteiger partial charge >= 0.3 is 0 Å². The minimum atomic E-state index is -3.60. The van der Waals surface area contributed by atoms with Crippen LogP contribution in [0.5, 0.6) is 0 Å². The van der Waals surface area contributed by atoms with Crippen molar-refractivity contribution in [1.82, 2.24) is 4.31 Å². The molecule has 0 unspecified atom stereocenters. The first-order valence-corrected chi connectivity index (χ1v) is 12.7. The van der Waals surface area contributed by atoms with Crippen molar-refractivity contribution in [2.75, 3.05) is 6.54 Å². The Hall–Kier alpha value is -1.69. The van der Waals surface area contributed by atoms with Crippen LogP contribution in [0.25, 0.3) is 0 Å². The standard InChI is InChI=1S/C18H25NO2SSi/c1-6-7-8-9-14-19(15-16-23(3,4)5)22(20,21)18-12-10-17(2)11-13-18/h1,10-13H,7-9,14H2,2-5H3.